The Morgan fingerprint density at radius 1 is 1.19 bits per heavy atom. The molecule has 0 radical (unpaired) electrons. The number of hydrogen-bond acceptors (Lipinski definition) is 2. The van der Waals surface area contributed by atoms with Crippen molar-refractivity contribution in [1.82, 2.24) is 0 Å². The highest BCUT2D eigenvalue weighted by molar-refractivity contribution is 5.25. The van der Waals surface area contributed by atoms with Crippen molar-refractivity contribution in [1.29, 1.82) is 0 Å². The van der Waals surface area contributed by atoms with Crippen LogP contribution in [0.1, 0.15) is 37.8 Å². The summed E-state index contributed by atoms with van der Waals surface area (Å²) >= 11 is 0. The van der Waals surface area contributed by atoms with E-state index in [4.69, 9.17) is 0 Å². The summed E-state index contributed by atoms with van der Waals surface area (Å²) in [6.07, 6.45) is 1.06. The molecule has 0 N–H and O–H groups in total. The van der Waals surface area contributed by atoms with Crippen LogP contribution in [0.4, 0.5) is 0 Å². The van der Waals surface area contributed by atoms with Crippen LogP contribution in [0.3, 0.4) is 0 Å². The van der Waals surface area contributed by atoms with Gasteiger partial charge in [0, 0.05) is 10.8 Å². The van der Waals surface area contributed by atoms with Gasteiger partial charge in [0.2, 0.25) is 6.54 Å². The van der Waals surface area contributed by atoms with Gasteiger partial charge in [0.15, 0.2) is 0 Å². The molecule has 1 unspecified atom stereocenters. The SMILES string of the molecule is CC(C)Cc1ccc(C(C)C[N+](=O)[O-])cc1. The molecule has 1 aromatic rings. The number of hydrogen-bond donors (Lipinski definition) is 0. The molecule has 0 heterocycles. The van der Waals surface area contributed by atoms with E-state index in [1.54, 1.807) is 0 Å². The molecule has 0 aliphatic heterocycles. The van der Waals surface area contributed by atoms with Crippen molar-refractivity contribution in [2.24, 2.45) is 5.92 Å². The standard InChI is InChI=1S/C13H19NO2/c1-10(2)8-12-4-6-13(7-5-12)11(3)9-14(15)16/h4-7,10-11H,8-9H2,1-3H3. The smallest absolute Gasteiger partial charge is 0.210 e. The van der Waals surface area contributed by atoms with Crippen LogP contribution in [0.25, 0.3) is 0 Å². The van der Waals surface area contributed by atoms with E-state index in [9.17, 15) is 10.1 Å². The van der Waals surface area contributed by atoms with Gasteiger partial charge >= 0.3 is 0 Å². The molecule has 0 aliphatic carbocycles. The lowest BCUT2D eigenvalue weighted by Crippen LogP contribution is -2.09. The van der Waals surface area contributed by atoms with E-state index in [1.807, 2.05) is 19.1 Å². The summed E-state index contributed by atoms with van der Waals surface area (Å²) in [6, 6.07) is 8.16. The number of benzene rings is 1. The van der Waals surface area contributed by atoms with E-state index in [0.29, 0.717) is 5.92 Å². The topological polar surface area (TPSA) is 43.1 Å². The van der Waals surface area contributed by atoms with Crippen LogP contribution in [-0.2, 0) is 6.42 Å². The lowest BCUT2D eigenvalue weighted by Gasteiger charge is -2.09. The first kappa shape index (κ1) is 12.7. The highest BCUT2D eigenvalue weighted by Gasteiger charge is 2.11. The molecule has 16 heavy (non-hydrogen) atoms. The third-order valence-corrected chi connectivity index (χ3v) is 2.62. The normalized spacial score (nSPS) is 12.8. The van der Waals surface area contributed by atoms with E-state index in [2.05, 4.69) is 26.0 Å². The Balaban J connectivity index is 2.66. The van der Waals surface area contributed by atoms with Crippen LogP contribution in [0.5, 0.6) is 0 Å². The summed E-state index contributed by atoms with van der Waals surface area (Å²) in [5, 5.41) is 10.4. The summed E-state index contributed by atoms with van der Waals surface area (Å²) in [4.78, 5) is 10.1. The van der Waals surface area contributed by atoms with Crippen molar-refractivity contribution in [3.63, 3.8) is 0 Å². The van der Waals surface area contributed by atoms with Crippen molar-refractivity contribution in [3.8, 4) is 0 Å². The maximum Gasteiger partial charge on any atom is 0.210 e. The molecular weight excluding hydrogens is 202 g/mol. The van der Waals surface area contributed by atoms with Crippen LogP contribution in [0.2, 0.25) is 0 Å². The second-order valence-electron chi connectivity index (χ2n) is 4.76. The van der Waals surface area contributed by atoms with E-state index >= 15 is 0 Å². The number of nitrogens with zero attached hydrogens (tertiary/aromatic N) is 1. The third kappa shape index (κ3) is 4.01. The Labute approximate surface area is 96.6 Å². The Morgan fingerprint density at radius 2 is 1.75 bits per heavy atom. The van der Waals surface area contributed by atoms with Gasteiger partial charge in [0.25, 0.3) is 0 Å². The van der Waals surface area contributed by atoms with Gasteiger partial charge in [-0.1, -0.05) is 45.0 Å². The first-order valence-corrected chi connectivity index (χ1v) is 5.69. The van der Waals surface area contributed by atoms with Crippen LogP contribution >= 0.6 is 0 Å². The fraction of sp³-hybridized carbons (Fsp3) is 0.538. The van der Waals surface area contributed by atoms with E-state index in [1.165, 1.54) is 5.56 Å². The van der Waals surface area contributed by atoms with Gasteiger partial charge in [-0.15, -0.1) is 0 Å². The Hall–Kier alpha value is -1.38. The van der Waals surface area contributed by atoms with E-state index in [0.717, 1.165) is 12.0 Å². The minimum Gasteiger partial charge on any atom is -0.265 e. The zero-order valence-corrected chi connectivity index (χ0v) is 10.1. The molecule has 0 aromatic heterocycles. The summed E-state index contributed by atoms with van der Waals surface area (Å²) in [5.41, 5.74) is 2.34. The quantitative estimate of drug-likeness (QED) is 0.565. The van der Waals surface area contributed by atoms with Gasteiger partial charge in [0.1, 0.15) is 0 Å². The second-order valence-corrected chi connectivity index (χ2v) is 4.76. The fourth-order valence-electron chi connectivity index (χ4n) is 1.78. The predicted molar refractivity (Wildman–Crippen MR) is 65.3 cm³/mol. The van der Waals surface area contributed by atoms with Crippen molar-refractivity contribution < 1.29 is 4.92 Å². The summed E-state index contributed by atoms with van der Waals surface area (Å²) in [6.45, 7) is 6.26. The molecule has 0 bridgehead atoms. The average molecular weight is 221 g/mol. The van der Waals surface area contributed by atoms with Crippen LogP contribution < -0.4 is 0 Å². The first-order valence-electron chi connectivity index (χ1n) is 5.69. The fourth-order valence-corrected chi connectivity index (χ4v) is 1.78. The van der Waals surface area contributed by atoms with Crippen LogP contribution in [0.15, 0.2) is 24.3 Å². The maximum absolute atomic E-state index is 10.4. The van der Waals surface area contributed by atoms with Gasteiger partial charge in [0.05, 0.1) is 0 Å². The summed E-state index contributed by atoms with van der Waals surface area (Å²) in [5.74, 6) is 0.630. The molecule has 1 aromatic carbocycles. The lowest BCUT2D eigenvalue weighted by atomic mass is 9.97. The highest BCUT2D eigenvalue weighted by Crippen LogP contribution is 2.17. The molecule has 0 saturated heterocycles. The minimum atomic E-state index is -0.257. The van der Waals surface area contributed by atoms with E-state index < -0.39 is 0 Å². The van der Waals surface area contributed by atoms with Gasteiger partial charge in [-0.25, -0.2) is 0 Å². The van der Waals surface area contributed by atoms with Crippen molar-refractivity contribution in [2.45, 2.75) is 33.1 Å². The Kier molecular flexibility index (Phi) is 4.47. The summed E-state index contributed by atoms with van der Waals surface area (Å²) < 4.78 is 0. The van der Waals surface area contributed by atoms with Gasteiger partial charge in [-0.2, -0.15) is 0 Å². The van der Waals surface area contributed by atoms with Crippen molar-refractivity contribution in [2.75, 3.05) is 6.54 Å². The van der Waals surface area contributed by atoms with Gasteiger partial charge in [-0.3, -0.25) is 10.1 Å². The second kappa shape index (κ2) is 5.64. The van der Waals surface area contributed by atoms with E-state index in [-0.39, 0.29) is 17.4 Å². The van der Waals surface area contributed by atoms with Crippen molar-refractivity contribution in [3.05, 3.63) is 45.5 Å². The molecule has 0 fully saturated rings. The molecule has 1 atom stereocenters. The number of nitro groups is 1. The molecule has 3 nitrogen and oxygen atoms in total. The average Bonchev–Trinajstić information content (AvgIpc) is 2.16. The third-order valence-electron chi connectivity index (χ3n) is 2.62. The zero-order chi connectivity index (χ0) is 12.1. The minimum absolute atomic E-state index is 0.00350. The molecular formula is C13H19NO2. The monoisotopic (exact) mass is 221 g/mol. The molecule has 88 valence electrons. The number of rotatable bonds is 5. The zero-order valence-electron chi connectivity index (χ0n) is 10.1. The molecule has 0 aliphatic rings. The van der Waals surface area contributed by atoms with Crippen LogP contribution in [0, 0.1) is 16.0 Å². The van der Waals surface area contributed by atoms with Crippen molar-refractivity contribution >= 4 is 0 Å². The summed E-state index contributed by atoms with van der Waals surface area (Å²) in [7, 11) is 0. The van der Waals surface area contributed by atoms with Crippen LogP contribution in [-0.4, -0.2) is 11.5 Å². The highest BCUT2D eigenvalue weighted by atomic mass is 16.6. The Morgan fingerprint density at radius 3 is 2.19 bits per heavy atom. The predicted octanol–water partition coefficient (Wildman–Crippen LogP) is 3.27. The first-order chi connectivity index (χ1) is 7.49. The molecule has 0 spiro atoms. The maximum atomic E-state index is 10.4. The molecule has 0 amide bonds. The molecule has 1 rings (SSSR count). The Bertz CT molecular complexity index is 343. The van der Waals surface area contributed by atoms with Gasteiger partial charge in [-0.05, 0) is 23.5 Å². The molecule has 0 saturated carbocycles. The largest absolute Gasteiger partial charge is 0.265 e. The van der Waals surface area contributed by atoms with Gasteiger partial charge < -0.3 is 0 Å². The lowest BCUT2D eigenvalue weighted by molar-refractivity contribution is -0.482. The molecule has 3 heteroatoms.